The minimum Gasteiger partial charge on any atom is -0.396 e. The lowest BCUT2D eigenvalue weighted by molar-refractivity contribution is 0.129. The fourth-order valence-corrected chi connectivity index (χ4v) is 1.96. The molecule has 2 nitrogen and oxygen atoms in total. The zero-order chi connectivity index (χ0) is 9.68. The lowest BCUT2D eigenvalue weighted by Crippen LogP contribution is -2.41. The Labute approximate surface area is 88.7 Å². The Kier molecular flexibility index (Phi) is 4.99. The summed E-state index contributed by atoms with van der Waals surface area (Å²) >= 11 is 3.39. The van der Waals surface area contributed by atoms with Gasteiger partial charge in [-0.1, -0.05) is 28.9 Å². The quantitative estimate of drug-likeness (QED) is 0.778. The number of aliphatic hydroxyl groups is 1. The molecular weight excluding hydrogens is 230 g/mol. The second-order valence-electron chi connectivity index (χ2n) is 3.65. The largest absolute Gasteiger partial charge is 0.396 e. The molecule has 0 saturated heterocycles. The molecule has 1 aliphatic carbocycles. The molecule has 13 heavy (non-hydrogen) atoms. The van der Waals surface area contributed by atoms with E-state index in [-0.39, 0.29) is 6.61 Å². The Bertz CT molecular complexity index is 168. The highest BCUT2D eigenvalue weighted by Crippen LogP contribution is 2.25. The van der Waals surface area contributed by atoms with Crippen LogP contribution in [0.1, 0.15) is 25.7 Å². The van der Waals surface area contributed by atoms with Crippen molar-refractivity contribution in [2.75, 3.05) is 19.7 Å². The number of nitrogens with zero attached hydrogens (tertiary/aromatic N) is 1. The topological polar surface area (TPSA) is 23.5 Å². The number of halogens is 1. The van der Waals surface area contributed by atoms with Crippen molar-refractivity contribution < 1.29 is 5.11 Å². The summed E-state index contributed by atoms with van der Waals surface area (Å²) in [5, 5.41) is 8.76. The third-order valence-electron chi connectivity index (χ3n) is 2.57. The van der Waals surface area contributed by atoms with Gasteiger partial charge in [-0.2, -0.15) is 0 Å². The van der Waals surface area contributed by atoms with E-state index < -0.39 is 0 Å². The third kappa shape index (κ3) is 3.79. The van der Waals surface area contributed by atoms with Crippen molar-refractivity contribution in [2.45, 2.75) is 31.7 Å². The number of rotatable bonds is 6. The molecule has 0 radical (unpaired) electrons. The Hall–Kier alpha value is 0.140. The van der Waals surface area contributed by atoms with E-state index in [1.807, 2.05) is 0 Å². The first-order chi connectivity index (χ1) is 6.24. The highest BCUT2D eigenvalue weighted by molar-refractivity contribution is 9.11. The van der Waals surface area contributed by atoms with Crippen LogP contribution in [-0.4, -0.2) is 35.7 Å². The van der Waals surface area contributed by atoms with Crippen LogP contribution in [0.2, 0.25) is 0 Å². The maximum Gasteiger partial charge on any atom is 0.0443 e. The SMILES string of the molecule is C=C(Br)CN(CCCO)C1CCC1. The monoisotopic (exact) mass is 247 g/mol. The molecule has 1 N–H and O–H groups in total. The van der Waals surface area contributed by atoms with Gasteiger partial charge < -0.3 is 5.11 Å². The maximum absolute atomic E-state index is 8.76. The van der Waals surface area contributed by atoms with Crippen LogP contribution in [0.3, 0.4) is 0 Å². The Balaban J connectivity index is 2.28. The molecule has 1 fully saturated rings. The van der Waals surface area contributed by atoms with Crippen LogP contribution in [0.15, 0.2) is 11.1 Å². The van der Waals surface area contributed by atoms with Gasteiger partial charge in [-0.05, 0) is 19.3 Å². The van der Waals surface area contributed by atoms with Gasteiger partial charge in [0.15, 0.2) is 0 Å². The fraction of sp³-hybridized carbons (Fsp3) is 0.800. The molecule has 0 aromatic rings. The van der Waals surface area contributed by atoms with E-state index in [2.05, 4.69) is 27.4 Å². The number of hydrogen-bond donors (Lipinski definition) is 1. The summed E-state index contributed by atoms with van der Waals surface area (Å²) in [6, 6.07) is 0.737. The lowest BCUT2D eigenvalue weighted by atomic mass is 9.91. The first-order valence-corrected chi connectivity index (χ1v) is 5.71. The van der Waals surface area contributed by atoms with Crippen molar-refractivity contribution >= 4 is 15.9 Å². The first kappa shape index (κ1) is 11.2. The molecule has 0 heterocycles. The second kappa shape index (κ2) is 5.78. The van der Waals surface area contributed by atoms with E-state index in [1.165, 1.54) is 19.3 Å². The summed E-state index contributed by atoms with van der Waals surface area (Å²) < 4.78 is 1.04. The van der Waals surface area contributed by atoms with E-state index in [0.717, 1.165) is 30.0 Å². The molecule has 0 aromatic heterocycles. The molecule has 0 atom stereocenters. The van der Waals surface area contributed by atoms with Crippen LogP contribution in [0, 0.1) is 0 Å². The summed E-state index contributed by atoms with van der Waals surface area (Å²) in [5.74, 6) is 0. The maximum atomic E-state index is 8.76. The van der Waals surface area contributed by atoms with Crippen LogP contribution in [0.5, 0.6) is 0 Å². The van der Waals surface area contributed by atoms with Crippen LogP contribution in [0.4, 0.5) is 0 Å². The van der Waals surface area contributed by atoms with Crippen LogP contribution >= 0.6 is 15.9 Å². The molecule has 0 aliphatic heterocycles. The molecule has 0 bridgehead atoms. The molecule has 1 aliphatic rings. The van der Waals surface area contributed by atoms with Crippen molar-refractivity contribution in [3.05, 3.63) is 11.1 Å². The van der Waals surface area contributed by atoms with Crippen molar-refractivity contribution in [3.63, 3.8) is 0 Å². The Morgan fingerprint density at radius 1 is 1.54 bits per heavy atom. The van der Waals surface area contributed by atoms with Gasteiger partial charge in [-0.25, -0.2) is 0 Å². The minimum atomic E-state index is 0.290. The zero-order valence-corrected chi connectivity index (χ0v) is 9.59. The molecule has 1 saturated carbocycles. The second-order valence-corrected chi connectivity index (χ2v) is 4.77. The van der Waals surface area contributed by atoms with Gasteiger partial charge >= 0.3 is 0 Å². The van der Waals surface area contributed by atoms with Crippen molar-refractivity contribution in [1.29, 1.82) is 0 Å². The fourth-order valence-electron chi connectivity index (χ4n) is 1.64. The molecule has 1 rings (SSSR count). The first-order valence-electron chi connectivity index (χ1n) is 4.92. The van der Waals surface area contributed by atoms with Crippen molar-refractivity contribution in [3.8, 4) is 0 Å². The summed E-state index contributed by atoms with van der Waals surface area (Å²) in [6.45, 7) is 6.06. The summed E-state index contributed by atoms with van der Waals surface area (Å²) in [6.07, 6.45) is 4.85. The van der Waals surface area contributed by atoms with Gasteiger partial charge in [-0.3, -0.25) is 4.90 Å². The van der Waals surface area contributed by atoms with Crippen LogP contribution < -0.4 is 0 Å². The van der Waals surface area contributed by atoms with Crippen LogP contribution in [-0.2, 0) is 0 Å². The van der Waals surface area contributed by atoms with Gasteiger partial charge in [-0.15, -0.1) is 0 Å². The molecule has 3 heteroatoms. The third-order valence-corrected chi connectivity index (χ3v) is 2.82. The molecule has 0 amide bonds. The highest BCUT2D eigenvalue weighted by atomic mass is 79.9. The summed E-state index contributed by atoms with van der Waals surface area (Å²) in [7, 11) is 0. The molecule has 0 aromatic carbocycles. The molecule has 0 spiro atoms. The van der Waals surface area contributed by atoms with E-state index in [0.29, 0.717) is 0 Å². The van der Waals surface area contributed by atoms with Crippen molar-refractivity contribution in [1.82, 2.24) is 4.90 Å². The summed E-state index contributed by atoms with van der Waals surface area (Å²) in [5.41, 5.74) is 0. The smallest absolute Gasteiger partial charge is 0.0443 e. The number of hydrogen-bond acceptors (Lipinski definition) is 2. The van der Waals surface area contributed by atoms with Gasteiger partial charge in [0.2, 0.25) is 0 Å². The average Bonchev–Trinajstić information content (AvgIpc) is 1.95. The predicted octanol–water partition coefficient (Wildman–Crippen LogP) is 2.13. The normalized spacial score (nSPS) is 17.5. The molecular formula is C10H18BrNO. The molecule has 76 valence electrons. The summed E-state index contributed by atoms with van der Waals surface area (Å²) in [4.78, 5) is 2.41. The average molecular weight is 248 g/mol. The standard InChI is InChI=1S/C10H18BrNO/c1-9(11)8-12(6-3-7-13)10-4-2-5-10/h10,13H,1-8H2. The van der Waals surface area contributed by atoms with E-state index in [9.17, 15) is 0 Å². The van der Waals surface area contributed by atoms with E-state index >= 15 is 0 Å². The highest BCUT2D eigenvalue weighted by Gasteiger charge is 2.24. The number of aliphatic hydroxyl groups excluding tert-OH is 1. The zero-order valence-electron chi connectivity index (χ0n) is 8.01. The minimum absolute atomic E-state index is 0.290. The van der Waals surface area contributed by atoms with Gasteiger partial charge in [0.25, 0.3) is 0 Å². The Morgan fingerprint density at radius 3 is 2.62 bits per heavy atom. The predicted molar refractivity (Wildman–Crippen MR) is 59.0 cm³/mol. The van der Waals surface area contributed by atoms with Crippen molar-refractivity contribution in [2.24, 2.45) is 0 Å². The Morgan fingerprint density at radius 2 is 2.23 bits per heavy atom. The van der Waals surface area contributed by atoms with Gasteiger partial charge in [0, 0.05) is 30.2 Å². The van der Waals surface area contributed by atoms with Gasteiger partial charge in [0.1, 0.15) is 0 Å². The van der Waals surface area contributed by atoms with Crippen LogP contribution in [0.25, 0.3) is 0 Å². The molecule has 0 unspecified atom stereocenters. The van der Waals surface area contributed by atoms with E-state index in [1.54, 1.807) is 0 Å². The van der Waals surface area contributed by atoms with Gasteiger partial charge in [0.05, 0.1) is 0 Å². The van der Waals surface area contributed by atoms with E-state index in [4.69, 9.17) is 5.11 Å². The lowest BCUT2D eigenvalue weighted by Gasteiger charge is -2.37.